The number of halogens is 2. The van der Waals surface area contributed by atoms with Crippen LogP contribution >= 0.6 is 11.6 Å². The first-order valence-corrected chi connectivity index (χ1v) is 19.8. The van der Waals surface area contributed by atoms with Crippen molar-refractivity contribution in [1.82, 2.24) is 4.90 Å². The highest BCUT2D eigenvalue weighted by molar-refractivity contribution is 6.34. The smallest absolute Gasteiger partial charge is 0.328 e. The lowest BCUT2D eigenvalue weighted by Crippen LogP contribution is -2.53. The van der Waals surface area contributed by atoms with Crippen LogP contribution in [0.15, 0.2) is 54.1 Å². The maximum absolute atomic E-state index is 14.6. The van der Waals surface area contributed by atoms with Crippen LogP contribution in [-0.2, 0) is 46.2 Å². The van der Waals surface area contributed by atoms with E-state index in [1.165, 1.54) is 49.1 Å². The fourth-order valence-corrected chi connectivity index (χ4v) is 8.21. The van der Waals surface area contributed by atoms with E-state index in [0.717, 1.165) is 16.7 Å². The number of allylic oxidation sites excluding steroid dienone is 3. The number of methoxy groups -OCH3 is 1. The Hall–Kier alpha value is -4.10. The summed E-state index contributed by atoms with van der Waals surface area (Å²) in [7, 11) is 4.53. The average Bonchev–Trinajstić information content (AvgIpc) is 3.84. The standard InChI is InChI=1S/C44H56ClFN2O9/c1-24(2)16-31-20-30(14-15-32(31)46)41(51)47(8)28(6)42(52)56-36-21-37(49)48(9)33-19-29(18-26(4)39(33)45)17-25(3)12-11-13-35(54-10)44(53)22-34(55-38(50)23-44)27(5)40-43(36,7)57-40/h11-15,18-20,24,27-28,34-36,40,53H,16-17,21-23H2,1-10H3/b13-11+,25-12+/t27-,28+,34+,35-,36+,40+,43+,44-/m1/s1. The van der Waals surface area contributed by atoms with Crippen LogP contribution in [0.5, 0.6) is 0 Å². The molecule has 57 heavy (non-hydrogen) atoms. The van der Waals surface area contributed by atoms with Gasteiger partial charge in [-0.05, 0) is 87.4 Å². The van der Waals surface area contributed by atoms with Gasteiger partial charge in [-0.25, -0.2) is 9.18 Å². The van der Waals surface area contributed by atoms with E-state index in [1.807, 2.05) is 52.8 Å². The van der Waals surface area contributed by atoms with Gasteiger partial charge >= 0.3 is 11.9 Å². The summed E-state index contributed by atoms with van der Waals surface area (Å²) in [6.45, 7) is 12.8. The second-order valence-corrected chi connectivity index (χ2v) is 17.0. The van der Waals surface area contributed by atoms with E-state index in [9.17, 15) is 28.7 Å². The zero-order chi connectivity index (χ0) is 42.1. The monoisotopic (exact) mass is 810 g/mol. The molecule has 5 rings (SSSR count). The topological polar surface area (TPSA) is 135 Å². The van der Waals surface area contributed by atoms with E-state index < -0.39 is 77.1 Å². The number of ether oxygens (including phenoxy) is 4. The maximum atomic E-state index is 14.6. The largest absolute Gasteiger partial charge is 0.462 e. The lowest BCUT2D eigenvalue weighted by atomic mass is 9.78. The Labute approximate surface area is 340 Å². The Morgan fingerprint density at radius 1 is 1.16 bits per heavy atom. The van der Waals surface area contributed by atoms with Crippen LogP contribution in [0, 0.1) is 24.6 Å². The Balaban J connectivity index is 1.49. The Morgan fingerprint density at radius 2 is 1.86 bits per heavy atom. The number of hydrogen-bond donors (Lipinski definition) is 1. The number of aliphatic hydroxyl groups is 1. The van der Waals surface area contributed by atoms with Gasteiger partial charge in [-0.3, -0.25) is 14.4 Å². The number of aryl methyl sites for hydroxylation is 1. The van der Waals surface area contributed by atoms with Crippen molar-refractivity contribution in [3.05, 3.63) is 87.2 Å². The van der Waals surface area contributed by atoms with Crippen LogP contribution in [0.2, 0.25) is 5.02 Å². The number of carbonyl (C=O) groups is 4. The highest BCUT2D eigenvalue weighted by Crippen LogP contribution is 2.49. The first-order chi connectivity index (χ1) is 26.7. The molecule has 0 saturated carbocycles. The molecule has 3 aliphatic heterocycles. The van der Waals surface area contributed by atoms with Crippen molar-refractivity contribution in [2.75, 3.05) is 26.1 Å². The van der Waals surface area contributed by atoms with Gasteiger partial charge in [-0.1, -0.05) is 62.2 Å². The number of hydrogen-bond acceptors (Lipinski definition) is 9. The van der Waals surface area contributed by atoms with Gasteiger partial charge < -0.3 is 33.9 Å². The van der Waals surface area contributed by atoms with E-state index in [1.54, 1.807) is 26.1 Å². The Morgan fingerprint density at radius 3 is 2.53 bits per heavy atom. The number of fused-ring (bicyclic) bond motifs is 5. The highest BCUT2D eigenvalue weighted by Gasteiger charge is 2.64. The van der Waals surface area contributed by atoms with Crippen LogP contribution in [0.3, 0.4) is 0 Å². The lowest BCUT2D eigenvalue weighted by Gasteiger charge is -2.41. The van der Waals surface area contributed by atoms with Crippen molar-refractivity contribution >= 4 is 41.0 Å². The van der Waals surface area contributed by atoms with Crippen LogP contribution < -0.4 is 4.90 Å². The van der Waals surface area contributed by atoms with Crippen molar-refractivity contribution in [2.24, 2.45) is 11.8 Å². The number of likely N-dealkylation sites (N-methyl/N-ethyl adjacent to an activating group) is 1. The van der Waals surface area contributed by atoms with Crippen molar-refractivity contribution < 1.29 is 47.6 Å². The average molecular weight is 811 g/mol. The molecule has 2 aromatic carbocycles. The van der Waals surface area contributed by atoms with Crippen molar-refractivity contribution in [1.29, 1.82) is 0 Å². The number of epoxide rings is 1. The second-order valence-electron chi connectivity index (χ2n) is 16.6. The third-order valence-electron chi connectivity index (χ3n) is 11.6. The molecule has 11 nitrogen and oxygen atoms in total. The molecule has 310 valence electrons. The minimum absolute atomic E-state index is 0.0450. The third kappa shape index (κ3) is 9.62. The maximum Gasteiger partial charge on any atom is 0.328 e. The first-order valence-electron chi connectivity index (χ1n) is 19.5. The van der Waals surface area contributed by atoms with Crippen LogP contribution in [0.25, 0.3) is 0 Å². The molecule has 2 fully saturated rings. The van der Waals surface area contributed by atoms with Gasteiger partial charge in [-0.15, -0.1) is 0 Å². The van der Waals surface area contributed by atoms with Crippen molar-refractivity contribution in [3.8, 4) is 0 Å². The van der Waals surface area contributed by atoms with Gasteiger partial charge in [0.15, 0.2) is 0 Å². The van der Waals surface area contributed by atoms with E-state index in [-0.39, 0.29) is 30.7 Å². The number of esters is 2. The molecular formula is C44H56ClFN2O9. The Bertz CT molecular complexity index is 1950. The van der Waals surface area contributed by atoms with Crippen molar-refractivity contribution in [2.45, 2.75) is 122 Å². The molecule has 0 unspecified atom stereocenters. The predicted molar refractivity (Wildman–Crippen MR) is 214 cm³/mol. The summed E-state index contributed by atoms with van der Waals surface area (Å²) in [5, 5.41) is 12.3. The van der Waals surface area contributed by atoms with E-state index in [2.05, 4.69) is 0 Å². The lowest BCUT2D eigenvalue weighted by molar-refractivity contribution is -0.187. The fourth-order valence-electron chi connectivity index (χ4n) is 7.98. The molecule has 2 amide bonds. The molecule has 0 aliphatic carbocycles. The minimum atomic E-state index is -1.59. The summed E-state index contributed by atoms with van der Waals surface area (Å²) in [5.41, 5.74) is 0.929. The third-order valence-corrected chi connectivity index (χ3v) is 12.1. The SMILES string of the molecule is CO[C@@H]1/C=C/C=C(\C)Cc2cc(C)c(Cl)c(c2)N(C)C(=O)C[C@H](OC(=O)[C@H](C)N(C)C(=O)c2ccc(F)c(CC(C)C)c2)[C@]2(C)O[C@H]2[C@H](C)[C@@H]2C[C@@]1(O)CC(=O)O2. The molecule has 2 aromatic rings. The molecule has 0 radical (unpaired) electrons. The number of carbonyl (C=O) groups excluding carboxylic acids is 4. The number of benzene rings is 2. The summed E-state index contributed by atoms with van der Waals surface area (Å²) in [4.78, 5) is 57.5. The zero-order valence-electron chi connectivity index (χ0n) is 34.6. The van der Waals surface area contributed by atoms with Gasteiger partial charge in [0.25, 0.3) is 5.91 Å². The normalized spacial score (nSPS) is 30.1. The number of anilines is 1. The van der Waals surface area contributed by atoms with Crippen LogP contribution in [0.4, 0.5) is 10.1 Å². The molecule has 4 bridgehead atoms. The molecule has 0 spiro atoms. The molecule has 0 aromatic heterocycles. The minimum Gasteiger partial charge on any atom is -0.462 e. The molecule has 13 heteroatoms. The summed E-state index contributed by atoms with van der Waals surface area (Å²) in [6, 6.07) is 6.82. The first kappa shape index (κ1) is 44.0. The van der Waals surface area contributed by atoms with Crippen molar-refractivity contribution in [3.63, 3.8) is 0 Å². The molecule has 3 heterocycles. The zero-order valence-corrected chi connectivity index (χ0v) is 35.3. The second kappa shape index (κ2) is 17.4. The molecular weight excluding hydrogens is 755 g/mol. The molecule has 8 atom stereocenters. The predicted octanol–water partition coefficient (Wildman–Crippen LogP) is 6.72. The summed E-state index contributed by atoms with van der Waals surface area (Å²) in [6.07, 6.45) is 2.38. The molecule has 2 saturated heterocycles. The van der Waals surface area contributed by atoms with Gasteiger partial charge in [0.2, 0.25) is 5.91 Å². The van der Waals surface area contributed by atoms with Gasteiger partial charge in [0, 0.05) is 39.1 Å². The van der Waals surface area contributed by atoms with E-state index >= 15 is 0 Å². The van der Waals surface area contributed by atoms with E-state index in [0.29, 0.717) is 29.1 Å². The summed E-state index contributed by atoms with van der Waals surface area (Å²) < 4.78 is 38.5. The summed E-state index contributed by atoms with van der Waals surface area (Å²) in [5.74, 6) is -3.07. The number of rotatable bonds is 7. The molecule has 1 N–H and O–H groups in total. The highest BCUT2D eigenvalue weighted by atomic mass is 35.5. The molecule has 3 aliphatic rings. The fraction of sp³-hybridized carbons (Fsp3) is 0.545. The van der Waals surface area contributed by atoms with Crippen LogP contribution in [0.1, 0.15) is 87.9 Å². The van der Waals surface area contributed by atoms with Gasteiger partial charge in [-0.2, -0.15) is 0 Å². The number of amides is 2. The van der Waals surface area contributed by atoms with Gasteiger partial charge in [0.1, 0.15) is 41.4 Å². The quantitative estimate of drug-likeness (QED) is 0.239. The van der Waals surface area contributed by atoms with E-state index in [4.69, 9.17) is 30.5 Å². The van der Waals surface area contributed by atoms with Gasteiger partial charge in [0.05, 0.1) is 29.7 Å². The van der Waals surface area contributed by atoms with Crippen LogP contribution in [-0.4, -0.2) is 96.6 Å². The Kier molecular flexibility index (Phi) is 13.4. The summed E-state index contributed by atoms with van der Waals surface area (Å²) >= 11 is 6.80. The number of nitrogens with zero attached hydrogens (tertiary/aromatic N) is 2.